The number of ether oxygens (including phenoxy) is 2. The minimum Gasteiger partial charge on any atom is -0.497 e. The summed E-state index contributed by atoms with van der Waals surface area (Å²) in [6, 6.07) is 12.1. The molecule has 1 N–H and O–H groups in total. The van der Waals surface area contributed by atoms with Gasteiger partial charge < -0.3 is 14.8 Å². The van der Waals surface area contributed by atoms with Crippen LogP contribution in [0.15, 0.2) is 53.4 Å². The van der Waals surface area contributed by atoms with Crippen LogP contribution in [0.25, 0.3) is 0 Å². The Hall–Kier alpha value is -2.91. The Morgan fingerprint density at radius 2 is 1.71 bits per heavy atom. The van der Waals surface area contributed by atoms with E-state index in [9.17, 15) is 18.0 Å². The lowest BCUT2D eigenvalue weighted by Gasteiger charge is -2.15. The van der Waals surface area contributed by atoms with E-state index in [4.69, 9.17) is 9.47 Å². The van der Waals surface area contributed by atoms with Gasteiger partial charge in [-0.1, -0.05) is 6.07 Å². The smallest absolute Gasteiger partial charge is 0.338 e. The number of nitrogens with one attached hydrogen (secondary N) is 1. The number of anilines is 1. The number of hydrogen-bond donors (Lipinski definition) is 1. The first-order chi connectivity index (χ1) is 13.1. The van der Waals surface area contributed by atoms with E-state index in [0.717, 1.165) is 4.31 Å². The first-order valence-electron chi connectivity index (χ1n) is 8.33. The number of methoxy groups -OCH3 is 1. The predicted octanol–water partition coefficient (Wildman–Crippen LogP) is 2.13. The zero-order chi connectivity index (χ0) is 20.9. The van der Waals surface area contributed by atoms with Gasteiger partial charge in [0.2, 0.25) is 10.0 Å². The first-order valence-corrected chi connectivity index (χ1v) is 9.77. The highest BCUT2D eigenvalue weighted by Crippen LogP contribution is 2.18. The van der Waals surface area contributed by atoms with Crippen molar-refractivity contribution in [2.24, 2.45) is 0 Å². The van der Waals surface area contributed by atoms with E-state index in [-0.39, 0.29) is 16.1 Å². The van der Waals surface area contributed by atoms with E-state index in [1.807, 2.05) is 0 Å². The van der Waals surface area contributed by atoms with E-state index < -0.39 is 28.0 Å². The molecule has 0 saturated heterocycles. The Balaban J connectivity index is 2.05. The van der Waals surface area contributed by atoms with Crippen LogP contribution in [0.4, 0.5) is 5.69 Å². The molecule has 2 aromatic rings. The molecule has 150 valence electrons. The van der Waals surface area contributed by atoms with Crippen LogP contribution in [0.3, 0.4) is 0 Å². The maximum atomic E-state index is 12.3. The van der Waals surface area contributed by atoms with Gasteiger partial charge in [0.1, 0.15) is 5.75 Å². The summed E-state index contributed by atoms with van der Waals surface area (Å²) in [5, 5.41) is 2.55. The first kappa shape index (κ1) is 21.4. The minimum atomic E-state index is -3.63. The molecule has 0 heterocycles. The molecule has 0 unspecified atom stereocenters. The molecule has 1 atom stereocenters. The molecule has 0 saturated carbocycles. The number of nitrogens with zero attached hydrogens (tertiary/aromatic N) is 1. The van der Waals surface area contributed by atoms with Crippen LogP contribution in [0.5, 0.6) is 5.75 Å². The van der Waals surface area contributed by atoms with Gasteiger partial charge in [0.15, 0.2) is 6.10 Å². The molecule has 2 aromatic carbocycles. The van der Waals surface area contributed by atoms with E-state index >= 15 is 0 Å². The quantitative estimate of drug-likeness (QED) is 0.707. The fraction of sp³-hybridized carbons (Fsp3) is 0.263. The second-order valence-electron chi connectivity index (χ2n) is 6.08. The highest BCUT2D eigenvalue weighted by molar-refractivity contribution is 7.89. The number of carbonyl (C=O) groups excluding carboxylic acids is 2. The molecule has 0 aliphatic rings. The normalized spacial score (nSPS) is 12.3. The fourth-order valence-electron chi connectivity index (χ4n) is 2.20. The van der Waals surface area contributed by atoms with Gasteiger partial charge in [0.05, 0.1) is 17.6 Å². The van der Waals surface area contributed by atoms with Crippen molar-refractivity contribution in [2.75, 3.05) is 26.5 Å². The lowest BCUT2D eigenvalue weighted by molar-refractivity contribution is -0.123. The average Bonchev–Trinajstić information content (AvgIpc) is 2.68. The topological polar surface area (TPSA) is 102 Å². The van der Waals surface area contributed by atoms with Crippen LogP contribution in [-0.4, -0.2) is 51.9 Å². The molecule has 0 spiro atoms. The Labute approximate surface area is 164 Å². The summed E-state index contributed by atoms with van der Waals surface area (Å²) in [6.45, 7) is 1.43. The molecule has 8 nitrogen and oxygen atoms in total. The van der Waals surface area contributed by atoms with Crippen molar-refractivity contribution < 1.29 is 27.5 Å². The molecule has 0 fully saturated rings. The zero-order valence-corrected chi connectivity index (χ0v) is 16.8. The summed E-state index contributed by atoms with van der Waals surface area (Å²) in [7, 11) is 0.718. The van der Waals surface area contributed by atoms with Gasteiger partial charge in [0, 0.05) is 19.8 Å². The van der Waals surface area contributed by atoms with Gasteiger partial charge in [-0.3, -0.25) is 4.79 Å². The number of benzene rings is 2. The van der Waals surface area contributed by atoms with Crippen molar-refractivity contribution in [1.82, 2.24) is 4.31 Å². The highest BCUT2D eigenvalue weighted by atomic mass is 32.2. The van der Waals surface area contributed by atoms with Crippen LogP contribution < -0.4 is 10.1 Å². The minimum absolute atomic E-state index is 0.0400. The predicted molar refractivity (Wildman–Crippen MR) is 104 cm³/mol. The van der Waals surface area contributed by atoms with Crippen molar-refractivity contribution in [3.8, 4) is 5.75 Å². The third kappa shape index (κ3) is 5.08. The maximum absolute atomic E-state index is 12.3. The maximum Gasteiger partial charge on any atom is 0.338 e. The number of carbonyl (C=O) groups is 2. The van der Waals surface area contributed by atoms with Crippen molar-refractivity contribution in [2.45, 2.75) is 17.9 Å². The molecule has 1 amide bonds. The van der Waals surface area contributed by atoms with Crippen LogP contribution in [-0.2, 0) is 19.6 Å². The Morgan fingerprint density at radius 1 is 1.07 bits per heavy atom. The Bertz CT molecular complexity index is 955. The summed E-state index contributed by atoms with van der Waals surface area (Å²) in [4.78, 5) is 24.5. The van der Waals surface area contributed by atoms with Gasteiger partial charge in [-0.2, -0.15) is 0 Å². The SMILES string of the molecule is COc1ccc(C(=O)O[C@@H](C)C(=O)Nc2cccc(S(=O)(=O)N(C)C)c2)cc1. The van der Waals surface area contributed by atoms with Gasteiger partial charge >= 0.3 is 5.97 Å². The lowest BCUT2D eigenvalue weighted by Crippen LogP contribution is -2.30. The summed E-state index contributed by atoms with van der Waals surface area (Å²) >= 11 is 0. The molecule has 0 aliphatic carbocycles. The van der Waals surface area contributed by atoms with Gasteiger partial charge in [0.25, 0.3) is 5.91 Å². The molecule has 2 rings (SSSR count). The summed E-state index contributed by atoms with van der Waals surface area (Å²) in [6.07, 6.45) is -1.08. The van der Waals surface area contributed by atoms with E-state index in [1.54, 1.807) is 18.2 Å². The number of hydrogen-bond acceptors (Lipinski definition) is 6. The third-order valence-corrected chi connectivity index (χ3v) is 5.67. The second-order valence-corrected chi connectivity index (χ2v) is 8.23. The Kier molecular flexibility index (Phi) is 6.76. The summed E-state index contributed by atoms with van der Waals surface area (Å²) in [5.41, 5.74) is 0.555. The lowest BCUT2D eigenvalue weighted by atomic mass is 10.2. The van der Waals surface area contributed by atoms with Crippen LogP contribution in [0.2, 0.25) is 0 Å². The molecular formula is C19H22N2O6S. The Morgan fingerprint density at radius 3 is 2.29 bits per heavy atom. The molecule has 0 aromatic heterocycles. The molecule has 9 heteroatoms. The van der Waals surface area contributed by atoms with E-state index in [1.165, 1.54) is 58.5 Å². The second kappa shape index (κ2) is 8.85. The van der Waals surface area contributed by atoms with Crippen LogP contribution in [0.1, 0.15) is 17.3 Å². The molecule has 0 aliphatic heterocycles. The zero-order valence-electron chi connectivity index (χ0n) is 16.0. The van der Waals surface area contributed by atoms with Crippen molar-refractivity contribution in [1.29, 1.82) is 0 Å². The molecular weight excluding hydrogens is 384 g/mol. The molecule has 0 bridgehead atoms. The van der Waals surface area contributed by atoms with Crippen molar-refractivity contribution >= 4 is 27.6 Å². The van der Waals surface area contributed by atoms with E-state index in [2.05, 4.69) is 5.32 Å². The van der Waals surface area contributed by atoms with Gasteiger partial charge in [-0.05, 0) is 49.4 Å². The summed E-state index contributed by atoms with van der Waals surface area (Å²) in [5.74, 6) is -0.648. The van der Waals surface area contributed by atoms with Gasteiger partial charge in [-0.25, -0.2) is 17.5 Å². The summed E-state index contributed by atoms with van der Waals surface area (Å²) < 4.78 is 35.6. The average molecular weight is 406 g/mol. The molecule has 28 heavy (non-hydrogen) atoms. The standard InChI is InChI=1S/C19H22N2O6S/c1-13(27-19(23)14-8-10-16(26-4)11-9-14)18(22)20-15-6-5-7-17(12-15)28(24,25)21(2)3/h5-13H,1-4H3,(H,20,22)/t13-/m0/s1. The number of sulfonamides is 1. The third-order valence-electron chi connectivity index (χ3n) is 3.86. The number of esters is 1. The monoisotopic (exact) mass is 406 g/mol. The number of amides is 1. The van der Waals surface area contributed by atoms with Crippen LogP contribution in [0, 0.1) is 0 Å². The van der Waals surface area contributed by atoms with E-state index in [0.29, 0.717) is 5.75 Å². The number of rotatable bonds is 7. The van der Waals surface area contributed by atoms with Crippen molar-refractivity contribution in [3.63, 3.8) is 0 Å². The highest BCUT2D eigenvalue weighted by Gasteiger charge is 2.21. The largest absolute Gasteiger partial charge is 0.497 e. The van der Waals surface area contributed by atoms with Crippen LogP contribution >= 0.6 is 0 Å². The molecule has 0 radical (unpaired) electrons. The van der Waals surface area contributed by atoms with Crippen molar-refractivity contribution in [3.05, 3.63) is 54.1 Å². The van der Waals surface area contributed by atoms with Gasteiger partial charge in [-0.15, -0.1) is 0 Å². The fourth-order valence-corrected chi connectivity index (χ4v) is 3.15.